The summed E-state index contributed by atoms with van der Waals surface area (Å²) < 4.78 is 0. The van der Waals surface area contributed by atoms with E-state index in [0.29, 0.717) is 21.8 Å². The molecule has 0 aromatic heterocycles. The summed E-state index contributed by atoms with van der Waals surface area (Å²) in [5.41, 5.74) is 1.83. The lowest BCUT2D eigenvalue weighted by Gasteiger charge is -2.14. The smallest absolute Gasteiger partial charge is 0.319 e. The maximum atomic E-state index is 11.8. The van der Waals surface area contributed by atoms with Crippen LogP contribution in [0.15, 0.2) is 48.5 Å². The van der Waals surface area contributed by atoms with Crippen LogP contribution in [0.1, 0.15) is 17.2 Å². The third-order valence-electron chi connectivity index (χ3n) is 3.01. The normalized spacial score (nSPS) is 11.3. The van der Waals surface area contributed by atoms with E-state index in [1.54, 1.807) is 48.5 Å². The topological polar surface area (TPSA) is 61.4 Å². The van der Waals surface area contributed by atoms with Crippen molar-refractivity contribution >= 4 is 23.3 Å². The van der Waals surface area contributed by atoms with Crippen LogP contribution < -0.4 is 10.6 Å². The van der Waals surface area contributed by atoms with Crippen LogP contribution in [-0.4, -0.2) is 17.7 Å². The first-order valence-electron chi connectivity index (χ1n) is 6.64. The van der Waals surface area contributed by atoms with Gasteiger partial charge in [-0.1, -0.05) is 41.8 Å². The van der Waals surface area contributed by atoms with Crippen molar-refractivity contribution in [2.75, 3.05) is 11.9 Å². The van der Waals surface area contributed by atoms with Gasteiger partial charge >= 0.3 is 6.03 Å². The third kappa shape index (κ3) is 4.26. The van der Waals surface area contributed by atoms with Gasteiger partial charge in [0.15, 0.2) is 0 Å². The van der Waals surface area contributed by atoms with Gasteiger partial charge in [0.1, 0.15) is 0 Å². The molecule has 0 aliphatic heterocycles. The highest BCUT2D eigenvalue weighted by Crippen LogP contribution is 2.21. The summed E-state index contributed by atoms with van der Waals surface area (Å²) in [5, 5.41) is 15.7. The van der Waals surface area contributed by atoms with Gasteiger partial charge in [-0.05, 0) is 24.3 Å². The number of carbonyl (C=O) groups is 1. The molecule has 4 nitrogen and oxygen atoms in total. The number of amides is 2. The fourth-order valence-corrected chi connectivity index (χ4v) is 2.17. The quantitative estimate of drug-likeness (QED) is 0.759. The van der Waals surface area contributed by atoms with Crippen LogP contribution in [0, 0.1) is 12.3 Å². The van der Waals surface area contributed by atoms with Crippen LogP contribution in [0.2, 0.25) is 5.02 Å². The molecule has 0 heterocycles. The zero-order valence-corrected chi connectivity index (χ0v) is 12.5. The molecule has 0 bridgehead atoms. The molecule has 3 N–H and O–H groups in total. The van der Waals surface area contributed by atoms with E-state index < -0.39 is 12.1 Å². The van der Waals surface area contributed by atoms with Crippen molar-refractivity contribution < 1.29 is 9.90 Å². The summed E-state index contributed by atoms with van der Waals surface area (Å²) in [6.07, 6.45) is 4.42. The number of hydrogen-bond donors (Lipinski definition) is 3. The summed E-state index contributed by atoms with van der Waals surface area (Å²) >= 11 is 5.99. The summed E-state index contributed by atoms with van der Waals surface area (Å²) in [6.45, 7) is 0.0460. The molecular weight excluding hydrogens is 300 g/mol. The van der Waals surface area contributed by atoms with Crippen LogP contribution in [0.25, 0.3) is 0 Å². The molecule has 2 aromatic rings. The van der Waals surface area contributed by atoms with E-state index in [9.17, 15) is 9.90 Å². The minimum atomic E-state index is -0.878. The Morgan fingerprint density at radius 2 is 2.05 bits per heavy atom. The number of aliphatic hydroxyl groups excluding tert-OH is 1. The van der Waals surface area contributed by atoms with Crippen molar-refractivity contribution in [3.63, 3.8) is 0 Å². The lowest BCUT2D eigenvalue weighted by Crippen LogP contribution is -2.32. The van der Waals surface area contributed by atoms with Gasteiger partial charge < -0.3 is 15.7 Å². The average molecular weight is 315 g/mol. The second kappa shape index (κ2) is 7.51. The van der Waals surface area contributed by atoms with Crippen molar-refractivity contribution in [3.8, 4) is 12.3 Å². The van der Waals surface area contributed by atoms with E-state index in [-0.39, 0.29) is 6.54 Å². The monoisotopic (exact) mass is 314 g/mol. The molecule has 0 aliphatic rings. The molecule has 0 saturated heterocycles. The number of carbonyl (C=O) groups excluding carboxylic acids is 1. The van der Waals surface area contributed by atoms with E-state index in [1.807, 2.05) is 0 Å². The summed E-state index contributed by atoms with van der Waals surface area (Å²) in [4.78, 5) is 11.8. The van der Waals surface area contributed by atoms with E-state index >= 15 is 0 Å². The Kier molecular flexibility index (Phi) is 5.42. The van der Waals surface area contributed by atoms with Crippen molar-refractivity contribution in [1.29, 1.82) is 0 Å². The molecule has 0 saturated carbocycles. The number of rotatable bonds is 4. The average Bonchev–Trinajstić information content (AvgIpc) is 2.53. The Morgan fingerprint density at radius 1 is 1.27 bits per heavy atom. The van der Waals surface area contributed by atoms with Crippen LogP contribution in [0.5, 0.6) is 0 Å². The molecule has 2 aromatic carbocycles. The first kappa shape index (κ1) is 15.9. The van der Waals surface area contributed by atoms with Crippen molar-refractivity contribution in [3.05, 3.63) is 64.7 Å². The molecule has 22 heavy (non-hydrogen) atoms. The minimum Gasteiger partial charge on any atom is -0.387 e. The molecule has 2 rings (SSSR count). The number of anilines is 1. The number of hydrogen-bond acceptors (Lipinski definition) is 2. The molecule has 2 amide bonds. The van der Waals surface area contributed by atoms with Crippen molar-refractivity contribution in [1.82, 2.24) is 5.32 Å². The van der Waals surface area contributed by atoms with Gasteiger partial charge in [0, 0.05) is 28.4 Å². The zero-order valence-electron chi connectivity index (χ0n) is 11.7. The summed E-state index contributed by atoms with van der Waals surface area (Å²) in [7, 11) is 0. The molecule has 0 aliphatic carbocycles. The largest absolute Gasteiger partial charge is 0.387 e. The first-order valence-corrected chi connectivity index (χ1v) is 7.02. The fourth-order valence-electron chi connectivity index (χ4n) is 1.91. The number of urea groups is 1. The standard InChI is InChI=1S/C17H15ClN2O2/c1-2-12-6-5-7-13(10-12)20-17(22)19-11-16(21)14-8-3-4-9-15(14)18/h1,3-10,16,21H,11H2,(H2,19,20,22). The maximum Gasteiger partial charge on any atom is 0.319 e. The highest BCUT2D eigenvalue weighted by Gasteiger charge is 2.12. The van der Waals surface area contributed by atoms with E-state index in [2.05, 4.69) is 16.6 Å². The number of aliphatic hydroxyl groups is 1. The highest BCUT2D eigenvalue weighted by molar-refractivity contribution is 6.31. The Balaban J connectivity index is 1.90. The van der Waals surface area contributed by atoms with Crippen LogP contribution in [0.3, 0.4) is 0 Å². The number of terminal acetylenes is 1. The Hall–Kier alpha value is -2.48. The molecule has 5 heteroatoms. The van der Waals surface area contributed by atoms with Crippen LogP contribution in [-0.2, 0) is 0 Å². The second-order valence-corrected chi connectivity index (χ2v) is 5.00. The molecule has 112 valence electrons. The fraction of sp³-hybridized carbons (Fsp3) is 0.118. The maximum absolute atomic E-state index is 11.8. The summed E-state index contributed by atoms with van der Waals surface area (Å²) in [5.74, 6) is 2.49. The van der Waals surface area contributed by atoms with Gasteiger partial charge in [-0.25, -0.2) is 4.79 Å². The minimum absolute atomic E-state index is 0.0460. The van der Waals surface area contributed by atoms with Gasteiger partial charge in [0.05, 0.1) is 6.10 Å². The first-order chi connectivity index (χ1) is 10.6. The Bertz CT molecular complexity index is 710. The lowest BCUT2D eigenvalue weighted by atomic mass is 10.1. The molecule has 0 radical (unpaired) electrons. The SMILES string of the molecule is C#Cc1cccc(NC(=O)NCC(O)c2ccccc2Cl)c1. The van der Waals surface area contributed by atoms with E-state index in [1.165, 1.54) is 0 Å². The van der Waals surface area contributed by atoms with E-state index in [0.717, 1.165) is 0 Å². The third-order valence-corrected chi connectivity index (χ3v) is 3.35. The highest BCUT2D eigenvalue weighted by atomic mass is 35.5. The molecule has 1 atom stereocenters. The zero-order chi connectivity index (χ0) is 15.9. The Morgan fingerprint density at radius 3 is 2.77 bits per heavy atom. The molecular formula is C17H15ClN2O2. The van der Waals surface area contributed by atoms with Crippen LogP contribution in [0.4, 0.5) is 10.5 Å². The number of halogens is 1. The molecule has 0 spiro atoms. The van der Waals surface area contributed by atoms with Crippen molar-refractivity contribution in [2.45, 2.75) is 6.10 Å². The summed E-state index contributed by atoms with van der Waals surface area (Å²) in [6, 6.07) is 13.4. The van der Waals surface area contributed by atoms with E-state index in [4.69, 9.17) is 18.0 Å². The second-order valence-electron chi connectivity index (χ2n) is 4.60. The predicted octanol–water partition coefficient (Wildman–Crippen LogP) is 3.18. The van der Waals surface area contributed by atoms with Gasteiger partial charge in [0.2, 0.25) is 0 Å². The van der Waals surface area contributed by atoms with Gasteiger partial charge in [-0.2, -0.15) is 0 Å². The van der Waals surface area contributed by atoms with Gasteiger partial charge in [0.25, 0.3) is 0 Å². The van der Waals surface area contributed by atoms with Gasteiger partial charge in [-0.15, -0.1) is 6.42 Å². The Labute approximate surface area is 134 Å². The van der Waals surface area contributed by atoms with Crippen molar-refractivity contribution in [2.24, 2.45) is 0 Å². The lowest BCUT2D eigenvalue weighted by molar-refractivity contribution is 0.175. The predicted molar refractivity (Wildman–Crippen MR) is 87.8 cm³/mol. The number of benzene rings is 2. The molecule has 1 unspecified atom stereocenters. The number of nitrogens with one attached hydrogen (secondary N) is 2. The van der Waals surface area contributed by atoms with Gasteiger partial charge in [-0.3, -0.25) is 0 Å². The van der Waals surface area contributed by atoms with Crippen LogP contribution >= 0.6 is 11.6 Å². The molecule has 0 fully saturated rings.